The van der Waals surface area contributed by atoms with Crippen molar-refractivity contribution in [1.82, 2.24) is 14.8 Å². The van der Waals surface area contributed by atoms with Gasteiger partial charge in [0, 0.05) is 38.1 Å². The maximum Gasteiger partial charge on any atom is 0.410 e. The number of aromatic nitrogens is 1. The first-order chi connectivity index (χ1) is 12.9. The molecule has 0 saturated carbocycles. The van der Waals surface area contributed by atoms with Crippen molar-refractivity contribution in [3.05, 3.63) is 35.3 Å². The van der Waals surface area contributed by atoms with E-state index in [1.54, 1.807) is 23.3 Å². The fraction of sp³-hybridized carbons (Fsp3) is 0.500. The van der Waals surface area contributed by atoms with Crippen LogP contribution in [0.5, 0.6) is 5.75 Å². The van der Waals surface area contributed by atoms with Gasteiger partial charge in [-0.05, 0) is 32.9 Å². The summed E-state index contributed by atoms with van der Waals surface area (Å²) in [4.78, 5) is 21.0. The van der Waals surface area contributed by atoms with E-state index in [2.05, 4.69) is 10.3 Å². The van der Waals surface area contributed by atoms with Crippen molar-refractivity contribution < 1.29 is 14.3 Å². The molecule has 1 aliphatic rings. The largest absolute Gasteiger partial charge is 0.496 e. The highest BCUT2D eigenvalue weighted by Crippen LogP contribution is 2.32. The molecular weight excluding hydrogens is 362 g/mol. The summed E-state index contributed by atoms with van der Waals surface area (Å²) < 4.78 is 10.9. The Morgan fingerprint density at radius 1 is 1.19 bits per heavy atom. The highest BCUT2D eigenvalue weighted by Gasteiger charge is 2.26. The van der Waals surface area contributed by atoms with E-state index in [9.17, 15) is 4.79 Å². The van der Waals surface area contributed by atoms with E-state index in [0.717, 1.165) is 41.6 Å². The lowest BCUT2D eigenvalue weighted by atomic mass is 10.2. The van der Waals surface area contributed by atoms with Crippen LogP contribution < -0.4 is 4.74 Å². The van der Waals surface area contributed by atoms with E-state index >= 15 is 0 Å². The summed E-state index contributed by atoms with van der Waals surface area (Å²) in [5.74, 6) is 0.837. The minimum atomic E-state index is -0.455. The first-order valence-corrected chi connectivity index (χ1v) is 10.0. The number of hydrogen-bond acceptors (Lipinski definition) is 6. The molecule has 0 radical (unpaired) electrons. The standard InChI is InChI=1S/C20H27N3O3S/c1-20(2,3)26-19(24)23-11-9-22(10-12-23)13-15-14-27-18(21-15)16-7-5-6-8-17(16)25-4/h5-8,14H,9-13H2,1-4H3. The Bertz CT molecular complexity index is 777. The Kier molecular flexibility index (Phi) is 6.01. The quantitative estimate of drug-likeness (QED) is 0.794. The van der Waals surface area contributed by atoms with Gasteiger partial charge in [0.15, 0.2) is 0 Å². The highest BCUT2D eigenvalue weighted by atomic mass is 32.1. The summed E-state index contributed by atoms with van der Waals surface area (Å²) in [6.07, 6.45) is -0.228. The summed E-state index contributed by atoms with van der Waals surface area (Å²) in [6, 6.07) is 7.93. The Balaban J connectivity index is 1.56. The molecule has 1 aliphatic heterocycles. The third-order valence-corrected chi connectivity index (χ3v) is 5.22. The van der Waals surface area contributed by atoms with Crippen molar-refractivity contribution in [3.8, 4) is 16.3 Å². The van der Waals surface area contributed by atoms with E-state index in [1.807, 2.05) is 45.0 Å². The van der Waals surface area contributed by atoms with Crippen LogP contribution in [-0.4, -0.2) is 59.8 Å². The molecule has 1 fully saturated rings. The van der Waals surface area contributed by atoms with Gasteiger partial charge in [0.2, 0.25) is 0 Å². The van der Waals surface area contributed by atoms with E-state index in [1.165, 1.54) is 0 Å². The summed E-state index contributed by atoms with van der Waals surface area (Å²) >= 11 is 1.63. The molecule has 0 aliphatic carbocycles. The molecule has 0 bridgehead atoms. The number of rotatable bonds is 4. The molecule has 1 saturated heterocycles. The number of carbonyl (C=O) groups is 1. The van der Waals surface area contributed by atoms with Gasteiger partial charge < -0.3 is 14.4 Å². The third-order valence-electron chi connectivity index (χ3n) is 4.30. The van der Waals surface area contributed by atoms with Gasteiger partial charge in [-0.1, -0.05) is 12.1 Å². The molecular formula is C20H27N3O3S. The van der Waals surface area contributed by atoms with Crippen LogP contribution in [0.2, 0.25) is 0 Å². The fourth-order valence-corrected chi connectivity index (χ4v) is 3.81. The normalized spacial score (nSPS) is 15.6. The number of hydrogen-bond donors (Lipinski definition) is 0. The van der Waals surface area contributed by atoms with Gasteiger partial charge in [-0.2, -0.15) is 0 Å². The van der Waals surface area contributed by atoms with Crippen LogP contribution in [0.4, 0.5) is 4.79 Å². The Hall–Kier alpha value is -2.12. The molecule has 1 aromatic heterocycles. The van der Waals surface area contributed by atoms with Crippen molar-refractivity contribution in [2.24, 2.45) is 0 Å². The zero-order valence-electron chi connectivity index (χ0n) is 16.4. The van der Waals surface area contributed by atoms with Crippen LogP contribution in [0, 0.1) is 0 Å². The lowest BCUT2D eigenvalue weighted by molar-refractivity contribution is 0.0138. The molecule has 0 atom stereocenters. The van der Waals surface area contributed by atoms with Gasteiger partial charge in [0.1, 0.15) is 16.4 Å². The van der Waals surface area contributed by atoms with Gasteiger partial charge in [-0.3, -0.25) is 4.90 Å². The number of methoxy groups -OCH3 is 1. The maximum absolute atomic E-state index is 12.2. The smallest absolute Gasteiger partial charge is 0.410 e. The van der Waals surface area contributed by atoms with Gasteiger partial charge in [-0.15, -0.1) is 11.3 Å². The third kappa shape index (κ3) is 5.20. The van der Waals surface area contributed by atoms with E-state index in [4.69, 9.17) is 14.5 Å². The topological polar surface area (TPSA) is 54.9 Å². The van der Waals surface area contributed by atoms with E-state index < -0.39 is 5.60 Å². The number of ether oxygens (including phenoxy) is 2. The molecule has 1 aromatic carbocycles. The van der Waals surface area contributed by atoms with Crippen molar-refractivity contribution in [2.45, 2.75) is 32.9 Å². The number of carbonyl (C=O) groups excluding carboxylic acids is 1. The van der Waals surface area contributed by atoms with E-state index in [0.29, 0.717) is 13.1 Å². The maximum atomic E-state index is 12.2. The molecule has 6 nitrogen and oxygen atoms in total. The zero-order valence-corrected chi connectivity index (χ0v) is 17.2. The molecule has 27 heavy (non-hydrogen) atoms. The molecule has 7 heteroatoms. The van der Waals surface area contributed by atoms with Gasteiger partial charge in [0.25, 0.3) is 0 Å². The van der Waals surface area contributed by atoms with Gasteiger partial charge in [0.05, 0.1) is 18.4 Å². The van der Waals surface area contributed by atoms with Crippen molar-refractivity contribution in [2.75, 3.05) is 33.3 Å². The Morgan fingerprint density at radius 3 is 2.56 bits per heavy atom. The second kappa shape index (κ2) is 8.27. The molecule has 3 rings (SSSR count). The molecule has 2 heterocycles. The average molecular weight is 390 g/mol. The van der Waals surface area contributed by atoms with Crippen LogP contribution in [0.1, 0.15) is 26.5 Å². The molecule has 0 spiro atoms. The minimum Gasteiger partial charge on any atom is -0.496 e. The Labute approximate surface area is 164 Å². The van der Waals surface area contributed by atoms with Crippen LogP contribution in [-0.2, 0) is 11.3 Å². The van der Waals surface area contributed by atoms with Crippen LogP contribution in [0.25, 0.3) is 10.6 Å². The zero-order chi connectivity index (χ0) is 19.4. The highest BCUT2D eigenvalue weighted by molar-refractivity contribution is 7.13. The Morgan fingerprint density at radius 2 is 1.89 bits per heavy atom. The lowest BCUT2D eigenvalue weighted by Gasteiger charge is -2.35. The summed E-state index contributed by atoms with van der Waals surface area (Å²) in [6.45, 7) is 9.46. The number of para-hydroxylation sites is 1. The summed E-state index contributed by atoms with van der Waals surface area (Å²) in [5, 5.41) is 3.07. The summed E-state index contributed by atoms with van der Waals surface area (Å²) in [5.41, 5.74) is 1.61. The molecule has 1 amide bonds. The van der Waals surface area contributed by atoms with E-state index in [-0.39, 0.29) is 6.09 Å². The van der Waals surface area contributed by atoms with Crippen LogP contribution >= 0.6 is 11.3 Å². The fourth-order valence-electron chi connectivity index (χ4n) is 2.97. The number of nitrogens with zero attached hydrogens (tertiary/aromatic N) is 3. The SMILES string of the molecule is COc1ccccc1-c1nc(CN2CCN(C(=O)OC(C)(C)C)CC2)cs1. The number of piperazine rings is 1. The van der Waals surface area contributed by atoms with Crippen LogP contribution in [0.3, 0.4) is 0 Å². The molecule has 2 aromatic rings. The number of amides is 1. The van der Waals surface area contributed by atoms with Crippen molar-refractivity contribution in [3.63, 3.8) is 0 Å². The van der Waals surface area contributed by atoms with Gasteiger partial charge in [-0.25, -0.2) is 9.78 Å². The average Bonchev–Trinajstić information content (AvgIpc) is 3.09. The van der Waals surface area contributed by atoms with Crippen molar-refractivity contribution in [1.29, 1.82) is 0 Å². The number of benzene rings is 1. The minimum absolute atomic E-state index is 0.228. The predicted molar refractivity (Wildman–Crippen MR) is 107 cm³/mol. The molecule has 0 unspecified atom stereocenters. The first kappa shape index (κ1) is 19.6. The van der Waals surface area contributed by atoms with Crippen LogP contribution in [0.15, 0.2) is 29.6 Å². The predicted octanol–water partition coefficient (Wildman–Crippen LogP) is 3.87. The second-order valence-electron chi connectivity index (χ2n) is 7.59. The molecule has 146 valence electrons. The summed E-state index contributed by atoms with van der Waals surface area (Å²) in [7, 11) is 1.68. The lowest BCUT2D eigenvalue weighted by Crippen LogP contribution is -2.49. The van der Waals surface area contributed by atoms with Crippen molar-refractivity contribution >= 4 is 17.4 Å². The second-order valence-corrected chi connectivity index (χ2v) is 8.45. The number of thiazole rings is 1. The molecule has 0 N–H and O–H groups in total. The van der Waals surface area contributed by atoms with Gasteiger partial charge >= 0.3 is 6.09 Å². The monoisotopic (exact) mass is 389 g/mol. The first-order valence-electron chi connectivity index (χ1n) is 9.14.